The zero-order chi connectivity index (χ0) is 39.5. The van der Waals surface area contributed by atoms with Gasteiger partial charge in [-0.3, -0.25) is 4.57 Å². The van der Waals surface area contributed by atoms with Crippen molar-refractivity contribution >= 4 is 92.8 Å². The van der Waals surface area contributed by atoms with E-state index < -0.39 is 0 Å². The van der Waals surface area contributed by atoms with Crippen LogP contribution in [0.2, 0.25) is 0 Å². The van der Waals surface area contributed by atoms with Crippen molar-refractivity contribution in [3.63, 3.8) is 0 Å². The van der Waals surface area contributed by atoms with Gasteiger partial charge in [0.05, 0.1) is 33.3 Å². The standard InChI is InChI=1S/C55H36N4S/c1-55(31-30-50-44(33-55)52-38-13-3-2-12-34(38)24-29-51(52)60-50)36-25-28-49-43(32-36)41-16-7-11-21-48(41)59(49)54-56-45-18-8-4-17-42(45)53(57-54)35-22-26-37(27-23-35)58-46-19-9-5-14-39(46)40-15-6-10-20-47(40)58/h2-32H,33H2,1H3. The summed E-state index contributed by atoms with van der Waals surface area (Å²) in [6.45, 7) is 2.40. The van der Waals surface area contributed by atoms with Crippen molar-refractivity contribution in [2.45, 2.75) is 18.8 Å². The molecule has 0 radical (unpaired) electrons. The molecule has 13 rings (SSSR count). The molecule has 0 saturated carbocycles. The number of rotatable bonds is 4. The summed E-state index contributed by atoms with van der Waals surface area (Å²) in [6.07, 6.45) is 5.74. The van der Waals surface area contributed by atoms with Gasteiger partial charge in [-0.2, -0.15) is 0 Å². The molecule has 12 aromatic rings. The number of aromatic nitrogens is 4. The first-order valence-electron chi connectivity index (χ1n) is 20.6. The summed E-state index contributed by atoms with van der Waals surface area (Å²) < 4.78 is 5.98. The van der Waals surface area contributed by atoms with Crippen molar-refractivity contribution in [3.05, 3.63) is 198 Å². The normalized spacial score (nSPS) is 15.3. The van der Waals surface area contributed by atoms with Crippen molar-refractivity contribution in [2.75, 3.05) is 0 Å². The smallest absolute Gasteiger partial charge is 0.235 e. The Labute approximate surface area is 349 Å². The number of fused-ring (bicyclic) bond motifs is 12. The summed E-state index contributed by atoms with van der Waals surface area (Å²) in [7, 11) is 0. The first-order valence-corrected chi connectivity index (χ1v) is 21.4. The van der Waals surface area contributed by atoms with Gasteiger partial charge in [-0.25, -0.2) is 9.97 Å². The lowest BCUT2D eigenvalue weighted by Crippen LogP contribution is -2.24. The molecule has 0 aliphatic heterocycles. The Hall–Kier alpha value is -7.34. The summed E-state index contributed by atoms with van der Waals surface area (Å²) in [5.41, 5.74) is 11.2. The van der Waals surface area contributed by atoms with Gasteiger partial charge in [-0.1, -0.05) is 134 Å². The largest absolute Gasteiger partial charge is 0.309 e. The van der Waals surface area contributed by atoms with Crippen LogP contribution in [0.1, 0.15) is 22.9 Å². The van der Waals surface area contributed by atoms with Crippen LogP contribution in [0.15, 0.2) is 182 Å². The number of para-hydroxylation sites is 4. The quantitative estimate of drug-likeness (QED) is 0.178. The number of hydrogen-bond donors (Lipinski definition) is 0. The van der Waals surface area contributed by atoms with Gasteiger partial charge in [0.1, 0.15) is 0 Å². The molecular formula is C55H36N4S. The molecule has 0 saturated heterocycles. The molecule has 4 heterocycles. The van der Waals surface area contributed by atoms with Crippen LogP contribution >= 0.6 is 11.3 Å². The highest BCUT2D eigenvalue weighted by Gasteiger charge is 2.31. The molecular weight excluding hydrogens is 749 g/mol. The molecule has 0 fully saturated rings. The second-order valence-electron chi connectivity index (χ2n) is 16.4. The summed E-state index contributed by atoms with van der Waals surface area (Å²) in [5.74, 6) is 0.666. The van der Waals surface area contributed by atoms with Crippen molar-refractivity contribution in [1.29, 1.82) is 0 Å². The van der Waals surface area contributed by atoms with Crippen LogP contribution in [0.3, 0.4) is 0 Å². The minimum absolute atomic E-state index is 0.173. The predicted molar refractivity (Wildman–Crippen MR) is 253 cm³/mol. The zero-order valence-electron chi connectivity index (χ0n) is 32.8. The number of benzene rings is 8. The SMILES string of the molecule is CC1(c2ccc3c(c2)c2ccccc2n3-c2nc(-c3ccc(-n4c5ccccc5c5ccccc54)cc3)c3ccccc3n2)C=Cc2sc3ccc4ccccc4c3c2C1. The zero-order valence-corrected chi connectivity index (χ0v) is 33.6. The van der Waals surface area contributed by atoms with Gasteiger partial charge in [0.25, 0.3) is 0 Å². The second kappa shape index (κ2) is 12.6. The van der Waals surface area contributed by atoms with Gasteiger partial charge in [0, 0.05) is 58.6 Å². The topological polar surface area (TPSA) is 35.6 Å². The van der Waals surface area contributed by atoms with Gasteiger partial charge in [0.15, 0.2) is 0 Å². The maximum atomic E-state index is 5.44. The van der Waals surface area contributed by atoms with Crippen LogP contribution in [0.25, 0.3) is 104 Å². The van der Waals surface area contributed by atoms with Crippen LogP contribution in [-0.2, 0) is 11.8 Å². The van der Waals surface area contributed by atoms with E-state index in [1.165, 1.54) is 69.4 Å². The van der Waals surface area contributed by atoms with Gasteiger partial charge >= 0.3 is 0 Å². The summed E-state index contributed by atoms with van der Waals surface area (Å²) in [4.78, 5) is 12.1. The summed E-state index contributed by atoms with van der Waals surface area (Å²) >= 11 is 1.91. The van der Waals surface area contributed by atoms with Crippen molar-refractivity contribution < 1.29 is 0 Å². The summed E-state index contributed by atoms with van der Waals surface area (Å²) in [6, 6.07) is 63.6. The van der Waals surface area contributed by atoms with E-state index in [4.69, 9.17) is 9.97 Å². The molecule has 5 heteroatoms. The van der Waals surface area contributed by atoms with Gasteiger partial charge < -0.3 is 4.57 Å². The number of hydrogen-bond acceptors (Lipinski definition) is 3. The Kier molecular flexibility index (Phi) is 7.05. The van der Waals surface area contributed by atoms with E-state index in [-0.39, 0.29) is 5.41 Å². The van der Waals surface area contributed by atoms with Crippen LogP contribution < -0.4 is 0 Å². The molecule has 8 aromatic carbocycles. The third-order valence-corrected chi connectivity index (χ3v) is 14.1. The Bertz CT molecular complexity index is 3720. The molecule has 1 aliphatic carbocycles. The molecule has 0 spiro atoms. The second-order valence-corrected chi connectivity index (χ2v) is 17.5. The lowest BCUT2D eigenvalue weighted by Gasteiger charge is -2.30. The number of thiophene rings is 1. The Balaban J connectivity index is 0.944. The van der Waals surface area contributed by atoms with Crippen LogP contribution in [-0.4, -0.2) is 19.1 Å². The van der Waals surface area contributed by atoms with E-state index in [9.17, 15) is 0 Å². The molecule has 1 aliphatic rings. The van der Waals surface area contributed by atoms with Gasteiger partial charge in [0.2, 0.25) is 5.95 Å². The first kappa shape index (κ1) is 33.6. The van der Waals surface area contributed by atoms with E-state index >= 15 is 0 Å². The minimum atomic E-state index is -0.173. The first-order chi connectivity index (χ1) is 29.6. The Morgan fingerprint density at radius 2 is 1.15 bits per heavy atom. The highest BCUT2D eigenvalue weighted by molar-refractivity contribution is 7.20. The molecule has 0 bridgehead atoms. The van der Waals surface area contributed by atoms with E-state index in [1.807, 2.05) is 11.3 Å². The molecule has 0 amide bonds. The molecule has 4 nitrogen and oxygen atoms in total. The minimum Gasteiger partial charge on any atom is -0.309 e. The maximum absolute atomic E-state index is 5.44. The molecule has 0 N–H and O–H groups in total. The van der Waals surface area contributed by atoms with Crippen LogP contribution in [0, 0.1) is 0 Å². The highest BCUT2D eigenvalue weighted by Crippen LogP contribution is 2.46. The lowest BCUT2D eigenvalue weighted by atomic mass is 9.73. The van der Waals surface area contributed by atoms with Crippen molar-refractivity contribution in [1.82, 2.24) is 19.1 Å². The van der Waals surface area contributed by atoms with Gasteiger partial charge in [-0.15, -0.1) is 11.3 Å². The fourth-order valence-corrected chi connectivity index (χ4v) is 11.2. The Morgan fingerprint density at radius 3 is 1.90 bits per heavy atom. The number of allylic oxidation sites excluding steroid dienone is 1. The predicted octanol–water partition coefficient (Wildman–Crippen LogP) is 14.4. The Morgan fingerprint density at radius 1 is 0.533 bits per heavy atom. The monoisotopic (exact) mass is 784 g/mol. The third kappa shape index (κ3) is 4.84. The van der Waals surface area contributed by atoms with E-state index in [1.54, 1.807) is 0 Å². The highest BCUT2D eigenvalue weighted by atomic mass is 32.1. The fraction of sp³-hybridized carbons (Fsp3) is 0.0545. The molecule has 282 valence electrons. The van der Waals surface area contributed by atoms with Crippen LogP contribution in [0.4, 0.5) is 0 Å². The molecule has 4 aromatic heterocycles. The lowest BCUT2D eigenvalue weighted by molar-refractivity contribution is 0.592. The van der Waals surface area contributed by atoms with Crippen molar-refractivity contribution in [2.24, 2.45) is 0 Å². The maximum Gasteiger partial charge on any atom is 0.235 e. The van der Waals surface area contributed by atoms with Gasteiger partial charge in [-0.05, 0) is 89.0 Å². The molecule has 60 heavy (non-hydrogen) atoms. The van der Waals surface area contributed by atoms with E-state index in [0.717, 1.165) is 45.3 Å². The van der Waals surface area contributed by atoms with Crippen molar-refractivity contribution in [3.8, 4) is 22.9 Å². The third-order valence-electron chi connectivity index (χ3n) is 13.0. The van der Waals surface area contributed by atoms with E-state index in [2.05, 4.69) is 204 Å². The molecule has 1 unspecified atom stereocenters. The fourth-order valence-electron chi connectivity index (χ4n) is 10.0. The van der Waals surface area contributed by atoms with Crippen LogP contribution in [0.5, 0.6) is 0 Å². The average molecular weight is 785 g/mol. The number of nitrogens with zero attached hydrogens (tertiary/aromatic N) is 4. The summed E-state index contributed by atoms with van der Waals surface area (Å²) in [5, 5.41) is 9.99. The average Bonchev–Trinajstić information content (AvgIpc) is 3.96. The van der Waals surface area contributed by atoms with E-state index in [0.29, 0.717) is 5.95 Å². The molecule has 1 atom stereocenters.